The SMILES string of the molecule is Cn1cc(-c2cnc(N)c(C(=O)N[C@H]3CCC[C@@H]3OCc3ccc(-c4ccc5c(c4)ncn5C4CCN(CCO)CC4)cc3)c2)cn1. The molecule has 2 atom stereocenters. The maximum atomic E-state index is 13.3. The van der Waals surface area contributed by atoms with E-state index >= 15 is 0 Å². The molecule has 11 nitrogen and oxygen atoms in total. The maximum Gasteiger partial charge on any atom is 0.255 e. The summed E-state index contributed by atoms with van der Waals surface area (Å²) in [7, 11) is 1.85. The first kappa shape index (κ1) is 31.0. The van der Waals surface area contributed by atoms with Crippen molar-refractivity contribution < 1.29 is 14.6 Å². The average Bonchev–Trinajstić information content (AvgIpc) is 3.84. The monoisotopic (exact) mass is 634 g/mol. The van der Waals surface area contributed by atoms with Crippen LogP contribution in [0.2, 0.25) is 0 Å². The summed E-state index contributed by atoms with van der Waals surface area (Å²) in [5.74, 6) is -0.0374. The zero-order chi connectivity index (χ0) is 32.3. The quantitative estimate of drug-likeness (QED) is 0.203. The van der Waals surface area contributed by atoms with Crippen molar-refractivity contribution in [3.05, 3.63) is 84.6 Å². The fourth-order valence-electron chi connectivity index (χ4n) is 6.98. The van der Waals surface area contributed by atoms with Crippen molar-refractivity contribution in [1.29, 1.82) is 0 Å². The minimum absolute atomic E-state index is 0.0752. The molecule has 7 rings (SSSR count). The molecule has 1 saturated carbocycles. The molecule has 0 radical (unpaired) electrons. The number of anilines is 1. The molecule has 1 saturated heterocycles. The smallest absolute Gasteiger partial charge is 0.255 e. The summed E-state index contributed by atoms with van der Waals surface area (Å²) in [6.45, 7) is 3.45. The van der Waals surface area contributed by atoms with Gasteiger partial charge in [0.2, 0.25) is 0 Å². The average molecular weight is 635 g/mol. The third kappa shape index (κ3) is 6.78. The van der Waals surface area contributed by atoms with E-state index in [1.807, 2.05) is 19.6 Å². The van der Waals surface area contributed by atoms with E-state index in [2.05, 4.69) is 67.3 Å². The van der Waals surface area contributed by atoms with Gasteiger partial charge in [-0.1, -0.05) is 30.3 Å². The lowest BCUT2D eigenvalue weighted by Gasteiger charge is -2.32. The van der Waals surface area contributed by atoms with Crippen molar-refractivity contribution in [2.24, 2.45) is 7.05 Å². The summed E-state index contributed by atoms with van der Waals surface area (Å²) in [5.41, 5.74) is 13.7. The second-order valence-corrected chi connectivity index (χ2v) is 12.8. The molecule has 5 aromatic rings. The molecule has 11 heteroatoms. The Morgan fingerprint density at radius 1 is 0.979 bits per heavy atom. The number of β-amino-alcohol motifs (C(OH)–C–C–N with tert-alkyl or cyclic N) is 1. The number of carbonyl (C=O) groups is 1. The largest absolute Gasteiger partial charge is 0.395 e. The highest BCUT2D eigenvalue weighted by Gasteiger charge is 2.30. The van der Waals surface area contributed by atoms with Crippen LogP contribution in [0.4, 0.5) is 5.82 Å². The Labute approximate surface area is 274 Å². The van der Waals surface area contributed by atoms with E-state index < -0.39 is 0 Å². The number of likely N-dealkylation sites (tertiary alicyclic amines) is 1. The number of nitrogens with one attached hydrogen (secondary N) is 1. The van der Waals surface area contributed by atoms with Crippen molar-refractivity contribution in [2.45, 2.75) is 56.9 Å². The number of hydrogen-bond donors (Lipinski definition) is 3. The van der Waals surface area contributed by atoms with Crippen LogP contribution in [0.5, 0.6) is 0 Å². The Bertz CT molecular complexity index is 1840. The number of aromatic nitrogens is 5. The molecule has 2 aliphatic rings. The number of ether oxygens (including phenoxy) is 1. The lowest BCUT2D eigenvalue weighted by atomic mass is 10.0. The van der Waals surface area contributed by atoms with Gasteiger partial charge in [-0.3, -0.25) is 9.48 Å². The summed E-state index contributed by atoms with van der Waals surface area (Å²) in [4.78, 5) is 24.6. The van der Waals surface area contributed by atoms with Gasteiger partial charge in [-0.25, -0.2) is 9.97 Å². The standard InChI is InChI=1S/C36H42N8O3/c1-42-21-28(20-40-42)27-17-30(35(37)38-19-27)36(46)41-31-3-2-4-34(31)47-22-24-5-7-25(8-6-24)26-9-10-33-32(18-26)39-23-44(33)29-11-13-43(14-12-29)15-16-45/h5-10,17-21,23,29,31,34,45H,2-4,11-16,22H2,1H3,(H2,37,38)(H,41,46)/t31-,34-/m0/s1. The third-order valence-electron chi connectivity index (χ3n) is 9.66. The van der Waals surface area contributed by atoms with E-state index in [1.165, 1.54) is 0 Å². The molecule has 4 heterocycles. The van der Waals surface area contributed by atoms with Crippen LogP contribution in [0.25, 0.3) is 33.3 Å². The van der Waals surface area contributed by atoms with E-state index in [9.17, 15) is 9.90 Å². The van der Waals surface area contributed by atoms with Crippen LogP contribution >= 0.6 is 0 Å². The van der Waals surface area contributed by atoms with Gasteiger partial charge in [0, 0.05) is 56.2 Å². The Hall–Kier alpha value is -4.58. The van der Waals surface area contributed by atoms with E-state index in [1.54, 1.807) is 23.1 Å². The molecular weight excluding hydrogens is 592 g/mol. The van der Waals surface area contributed by atoms with Gasteiger partial charge in [-0.15, -0.1) is 0 Å². The molecule has 244 valence electrons. The summed E-state index contributed by atoms with van der Waals surface area (Å²) >= 11 is 0. The molecule has 3 aromatic heterocycles. The number of benzene rings is 2. The highest BCUT2D eigenvalue weighted by molar-refractivity contribution is 5.99. The van der Waals surface area contributed by atoms with Gasteiger partial charge >= 0.3 is 0 Å². The van der Waals surface area contributed by atoms with Crippen LogP contribution in [0, 0.1) is 0 Å². The van der Waals surface area contributed by atoms with Gasteiger partial charge in [0.1, 0.15) is 5.82 Å². The first-order valence-corrected chi connectivity index (χ1v) is 16.5. The van der Waals surface area contributed by atoms with Gasteiger partial charge in [-0.05, 0) is 67.0 Å². The van der Waals surface area contributed by atoms with Crippen molar-refractivity contribution in [3.8, 4) is 22.3 Å². The number of aryl methyl sites for hydroxylation is 1. The van der Waals surface area contributed by atoms with Crippen LogP contribution in [0.3, 0.4) is 0 Å². The summed E-state index contributed by atoms with van der Waals surface area (Å²) in [6.07, 6.45) is 12.0. The Kier molecular flexibility index (Phi) is 9.01. The van der Waals surface area contributed by atoms with Crippen LogP contribution < -0.4 is 11.1 Å². The summed E-state index contributed by atoms with van der Waals surface area (Å²) < 4.78 is 10.4. The van der Waals surface area contributed by atoms with Gasteiger partial charge < -0.3 is 30.4 Å². The summed E-state index contributed by atoms with van der Waals surface area (Å²) in [6, 6.07) is 17.1. The highest BCUT2D eigenvalue weighted by Crippen LogP contribution is 2.30. The number of rotatable bonds is 10. The Morgan fingerprint density at radius 3 is 2.55 bits per heavy atom. The number of nitrogens with zero attached hydrogens (tertiary/aromatic N) is 6. The zero-order valence-corrected chi connectivity index (χ0v) is 26.8. The number of amides is 1. The number of pyridine rings is 1. The molecule has 1 aliphatic carbocycles. The molecule has 0 bridgehead atoms. The van der Waals surface area contributed by atoms with E-state index in [-0.39, 0.29) is 30.5 Å². The van der Waals surface area contributed by atoms with E-state index in [4.69, 9.17) is 15.5 Å². The van der Waals surface area contributed by atoms with Gasteiger partial charge in [0.15, 0.2) is 0 Å². The third-order valence-corrected chi connectivity index (χ3v) is 9.66. The van der Waals surface area contributed by atoms with Gasteiger partial charge in [0.25, 0.3) is 5.91 Å². The number of piperidine rings is 1. The van der Waals surface area contributed by atoms with Gasteiger partial charge in [-0.2, -0.15) is 5.10 Å². The molecule has 2 fully saturated rings. The zero-order valence-electron chi connectivity index (χ0n) is 26.8. The van der Waals surface area contributed by atoms with E-state index in [0.717, 1.165) is 90.6 Å². The number of imidazole rings is 1. The van der Waals surface area contributed by atoms with Crippen LogP contribution in [-0.2, 0) is 18.4 Å². The minimum Gasteiger partial charge on any atom is -0.395 e. The lowest BCUT2D eigenvalue weighted by Crippen LogP contribution is -2.41. The lowest BCUT2D eigenvalue weighted by molar-refractivity contribution is 0.0272. The number of fused-ring (bicyclic) bond motifs is 1. The fraction of sp³-hybridized carbons (Fsp3) is 0.389. The number of nitrogens with two attached hydrogens (primary N) is 1. The maximum absolute atomic E-state index is 13.3. The predicted octanol–water partition coefficient (Wildman–Crippen LogP) is 4.58. The molecule has 1 amide bonds. The van der Waals surface area contributed by atoms with Crippen molar-refractivity contribution in [3.63, 3.8) is 0 Å². The van der Waals surface area contributed by atoms with E-state index in [0.29, 0.717) is 18.2 Å². The number of aliphatic hydroxyl groups is 1. The normalized spacial score (nSPS) is 19.0. The predicted molar refractivity (Wildman–Crippen MR) is 181 cm³/mol. The summed E-state index contributed by atoms with van der Waals surface area (Å²) in [5, 5.41) is 16.6. The number of carbonyl (C=O) groups excluding carboxylic acids is 1. The second-order valence-electron chi connectivity index (χ2n) is 12.8. The van der Waals surface area contributed by atoms with Crippen molar-refractivity contribution in [1.82, 2.24) is 34.5 Å². The molecule has 1 aliphatic heterocycles. The highest BCUT2D eigenvalue weighted by atomic mass is 16.5. The Morgan fingerprint density at radius 2 is 1.79 bits per heavy atom. The van der Waals surface area contributed by atoms with Gasteiger partial charge in [0.05, 0.1) is 54.5 Å². The van der Waals surface area contributed by atoms with Crippen molar-refractivity contribution >= 4 is 22.8 Å². The number of nitrogen functional groups attached to an aromatic ring is 1. The molecule has 4 N–H and O–H groups in total. The molecule has 47 heavy (non-hydrogen) atoms. The molecular formula is C36H42N8O3. The minimum atomic E-state index is -0.240. The fourth-order valence-corrected chi connectivity index (χ4v) is 6.98. The second kappa shape index (κ2) is 13.6. The van der Waals surface area contributed by atoms with Crippen LogP contribution in [0.1, 0.15) is 54.1 Å². The van der Waals surface area contributed by atoms with Crippen LogP contribution in [0.15, 0.2) is 73.4 Å². The Balaban J connectivity index is 0.956. The number of aliphatic hydroxyl groups excluding tert-OH is 1. The van der Waals surface area contributed by atoms with Crippen LogP contribution in [-0.4, -0.2) is 78.6 Å². The first-order chi connectivity index (χ1) is 22.9. The first-order valence-electron chi connectivity index (χ1n) is 16.5. The molecule has 2 aromatic carbocycles. The molecule has 0 unspecified atom stereocenters. The topological polar surface area (TPSA) is 136 Å². The van der Waals surface area contributed by atoms with Crippen molar-refractivity contribution in [2.75, 3.05) is 32.0 Å². The molecule has 0 spiro atoms. The number of hydrogen-bond acceptors (Lipinski definition) is 8.